The second-order valence-corrected chi connectivity index (χ2v) is 4.88. The molecule has 2 aliphatic rings. The van der Waals surface area contributed by atoms with E-state index in [1.807, 2.05) is 11.3 Å². The number of ether oxygens (including phenoxy) is 1. The zero-order valence-electron chi connectivity index (χ0n) is 9.99. The smallest absolute Gasteiger partial charge is 0.226 e. The Hall–Kier alpha value is -0.570. The number of nitrogens with zero attached hydrogens (tertiary/aromatic N) is 1. The third kappa shape index (κ3) is 3.48. The molecule has 16 heavy (non-hydrogen) atoms. The lowest BCUT2D eigenvalue weighted by Crippen LogP contribution is -2.41. The highest BCUT2D eigenvalue weighted by Crippen LogP contribution is 2.27. The van der Waals surface area contributed by atoms with Gasteiger partial charge in [-0.1, -0.05) is 32.1 Å². The number of amides is 1. The zero-order valence-corrected chi connectivity index (χ0v) is 9.99. The lowest BCUT2D eigenvalue weighted by atomic mass is 9.86. The predicted octanol–water partition coefficient (Wildman–Crippen LogP) is 2.02. The Bertz CT molecular complexity index is 218. The highest BCUT2D eigenvalue weighted by Gasteiger charge is 2.19. The van der Waals surface area contributed by atoms with Crippen LogP contribution >= 0.6 is 0 Å². The Morgan fingerprint density at radius 3 is 2.56 bits per heavy atom. The molecule has 0 aromatic rings. The van der Waals surface area contributed by atoms with Crippen molar-refractivity contribution in [1.82, 2.24) is 4.90 Å². The molecule has 2 fully saturated rings. The molecule has 1 heterocycles. The molecule has 1 radical (unpaired) electrons. The Balaban J connectivity index is 1.65. The first kappa shape index (κ1) is 11.9. The van der Waals surface area contributed by atoms with Crippen LogP contribution in [0, 0.1) is 12.3 Å². The fraction of sp³-hybridized carbons (Fsp3) is 0.846. The molecule has 0 N–H and O–H groups in total. The van der Waals surface area contributed by atoms with E-state index in [0.29, 0.717) is 13.2 Å². The first-order valence-corrected chi connectivity index (χ1v) is 6.56. The van der Waals surface area contributed by atoms with E-state index in [0.717, 1.165) is 25.4 Å². The van der Waals surface area contributed by atoms with Gasteiger partial charge in [0.1, 0.15) is 0 Å². The summed E-state index contributed by atoms with van der Waals surface area (Å²) in [6, 6.07) is 0. The highest BCUT2D eigenvalue weighted by atomic mass is 16.5. The first-order valence-electron chi connectivity index (χ1n) is 6.56. The van der Waals surface area contributed by atoms with Crippen molar-refractivity contribution in [2.24, 2.45) is 5.92 Å². The third-order valence-corrected chi connectivity index (χ3v) is 3.67. The molecule has 1 aliphatic heterocycles. The fourth-order valence-corrected chi connectivity index (χ4v) is 2.60. The van der Waals surface area contributed by atoms with Crippen LogP contribution in [-0.2, 0) is 9.53 Å². The molecule has 1 amide bonds. The topological polar surface area (TPSA) is 29.5 Å². The maximum Gasteiger partial charge on any atom is 0.226 e. The van der Waals surface area contributed by atoms with Gasteiger partial charge < -0.3 is 9.64 Å². The molecule has 0 unspecified atom stereocenters. The maximum absolute atomic E-state index is 11.9. The summed E-state index contributed by atoms with van der Waals surface area (Å²) in [4.78, 5) is 13.8. The molecule has 0 bridgehead atoms. The van der Waals surface area contributed by atoms with Crippen LogP contribution in [0.3, 0.4) is 0 Å². The van der Waals surface area contributed by atoms with Gasteiger partial charge >= 0.3 is 0 Å². The number of rotatable bonds is 3. The summed E-state index contributed by atoms with van der Waals surface area (Å²) in [5.41, 5.74) is 0. The number of hydrogen-bond acceptors (Lipinski definition) is 2. The van der Waals surface area contributed by atoms with Crippen molar-refractivity contribution in [3.63, 3.8) is 0 Å². The minimum atomic E-state index is 0.217. The van der Waals surface area contributed by atoms with Gasteiger partial charge in [0.05, 0.1) is 13.2 Å². The maximum atomic E-state index is 11.9. The molecule has 1 saturated heterocycles. The summed E-state index contributed by atoms with van der Waals surface area (Å²) in [6.07, 6.45) is 9.60. The monoisotopic (exact) mass is 224 g/mol. The van der Waals surface area contributed by atoms with Crippen molar-refractivity contribution >= 4 is 5.91 Å². The normalized spacial score (nSPS) is 23.4. The van der Waals surface area contributed by atoms with Crippen molar-refractivity contribution in [3.05, 3.63) is 6.42 Å². The second-order valence-electron chi connectivity index (χ2n) is 4.88. The molecule has 0 aromatic heterocycles. The summed E-state index contributed by atoms with van der Waals surface area (Å²) in [7, 11) is 0. The molecule has 2 rings (SSSR count). The molecular weight excluding hydrogens is 202 g/mol. The molecule has 3 heteroatoms. The summed E-state index contributed by atoms with van der Waals surface area (Å²) in [5.74, 6) is 0.979. The fourth-order valence-electron chi connectivity index (χ4n) is 2.60. The van der Waals surface area contributed by atoms with Crippen LogP contribution in [0.2, 0.25) is 0 Å². The summed E-state index contributed by atoms with van der Waals surface area (Å²) < 4.78 is 5.24. The molecule has 0 spiro atoms. The van der Waals surface area contributed by atoms with Gasteiger partial charge in [-0.25, -0.2) is 0 Å². The summed E-state index contributed by atoms with van der Waals surface area (Å²) in [6.45, 7) is 2.92. The lowest BCUT2D eigenvalue weighted by Gasteiger charge is -2.28. The highest BCUT2D eigenvalue weighted by molar-refractivity contribution is 5.84. The largest absolute Gasteiger partial charge is 0.378 e. The summed E-state index contributed by atoms with van der Waals surface area (Å²) in [5, 5.41) is 0. The number of hydrogen-bond donors (Lipinski definition) is 0. The van der Waals surface area contributed by atoms with Crippen molar-refractivity contribution in [2.45, 2.75) is 38.5 Å². The van der Waals surface area contributed by atoms with Gasteiger partial charge in [-0.05, 0) is 12.3 Å². The standard InChI is InChI=1S/C13H22NO2/c15-13(14-8-10-16-11-9-14)7-6-12-4-2-1-3-5-12/h7,12H,1-6,8-11H2. The van der Waals surface area contributed by atoms with E-state index in [1.165, 1.54) is 32.1 Å². The number of carbonyl (C=O) groups excluding carboxylic acids is 1. The van der Waals surface area contributed by atoms with Crippen LogP contribution in [0.15, 0.2) is 0 Å². The lowest BCUT2D eigenvalue weighted by molar-refractivity contribution is -0.131. The van der Waals surface area contributed by atoms with Crippen molar-refractivity contribution in [1.29, 1.82) is 0 Å². The van der Waals surface area contributed by atoms with Gasteiger partial charge in [0.15, 0.2) is 0 Å². The van der Waals surface area contributed by atoms with Crippen molar-refractivity contribution < 1.29 is 9.53 Å². The molecule has 91 valence electrons. The van der Waals surface area contributed by atoms with E-state index in [9.17, 15) is 4.79 Å². The Labute approximate surface area is 98.1 Å². The third-order valence-electron chi connectivity index (χ3n) is 3.67. The average Bonchev–Trinajstić information content (AvgIpc) is 2.38. The van der Waals surface area contributed by atoms with Crippen LogP contribution in [0.5, 0.6) is 0 Å². The Morgan fingerprint density at radius 2 is 1.88 bits per heavy atom. The molecule has 1 saturated carbocycles. The van der Waals surface area contributed by atoms with Crippen molar-refractivity contribution in [2.75, 3.05) is 26.3 Å². The average molecular weight is 224 g/mol. The van der Waals surface area contributed by atoms with Crippen LogP contribution in [0.4, 0.5) is 0 Å². The SMILES string of the molecule is O=C([CH]CC1CCCCC1)N1CCOCC1. The van der Waals surface area contributed by atoms with E-state index >= 15 is 0 Å². The van der Waals surface area contributed by atoms with E-state index in [1.54, 1.807) is 0 Å². The van der Waals surface area contributed by atoms with Crippen LogP contribution < -0.4 is 0 Å². The molecule has 3 nitrogen and oxygen atoms in total. The second kappa shape index (κ2) is 6.24. The zero-order chi connectivity index (χ0) is 11.2. The molecule has 1 aliphatic carbocycles. The van der Waals surface area contributed by atoms with E-state index in [-0.39, 0.29) is 5.91 Å². The minimum absolute atomic E-state index is 0.217. The van der Waals surface area contributed by atoms with Gasteiger partial charge in [0.25, 0.3) is 0 Å². The van der Waals surface area contributed by atoms with Gasteiger partial charge in [-0.3, -0.25) is 4.79 Å². The quantitative estimate of drug-likeness (QED) is 0.734. The van der Waals surface area contributed by atoms with Gasteiger partial charge in [0, 0.05) is 19.5 Å². The van der Waals surface area contributed by atoms with Gasteiger partial charge in [-0.15, -0.1) is 0 Å². The molecule has 0 atom stereocenters. The number of morpholine rings is 1. The van der Waals surface area contributed by atoms with Crippen LogP contribution in [-0.4, -0.2) is 37.1 Å². The van der Waals surface area contributed by atoms with Gasteiger partial charge in [0.2, 0.25) is 5.91 Å². The van der Waals surface area contributed by atoms with E-state index < -0.39 is 0 Å². The molecular formula is C13H22NO2. The van der Waals surface area contributed by atoms with E-state index in [4.69, 9.17) is 4.74 Å². The van der Waals surface area contributed by atoms with Crippen molar-refractivity contribution in [3.8, 4) is 0 Å². The van der Waals surface area contributed by atoms with Crippen LogP contribution in [0.1, 0.15) is 38.5 Å². The first-order chi connectivity index (χ1) is 7.86. The Morgan fingerprint density at radius 1 is 1.19 bits per heavy atom. The number of carbonyl (C=O) groups is 1. The minimum Gasteiger partial charge on any atom is -0.378 e. The van der Waals surface area contributed by atoms with Gasteiger partial charge in [-0.2, -0.15) is 0 Å². The molecule has 0 aromatic carbocycles. The van der Waals surface area contributed by atoms with E-state index in [2.05, 4.69) is 0 Å². The Kier molecular flexibility index (Phi) is 4.64. The predicted molar refractivity (Wildman–Crippen MR) is 62.9 cm³/mol. The summed E-state index contributed by atoms with van der Waals surface area (Å²) >= 11 is 0. The van der Waals surface area contributed by atoms with Crippen LogP contribution in [0.25, 0.3) is 0 Å².